The molecule has 1 heterocycles. The van der Waals surface area contributed by atoms with E-state index in [2.05, 4.69) is 21.8 Å². The summed E-state index contributed by atoms with van der Waals surface area (Å²) in [4.78, 5) is 18.8. The van der Waals surface area contributed by atoms with E-state index in [4.69, 9.17) is 11.6 Å². The number of carbonyl (C=O) groups is 1. The van der Waals surface area contributed by atoms with Gasteiger partial charge < -0.3 is 0 Å². The molecule has 0 bridgehead atoms. The maximum Gasteiger partial charge on any atom is 0.186 e. The van der Waals surface area contributed by atoms with Gasteiger partial charge in [-0.25, -0.2) is 9.97 Å². The van der Waals surface area contributed by atoms with Crippen LogP contribution in [0.2, 0.25) is 5.15 Å². The Kier molecular flexibility index (Phi) is 4.19. The maximum absolute atomic E-state index is 10.7. The van der Waals surface area contributed by atoms with Crippen molar-refractivity contribution < 1.29 is 4.79 Å². The van der Waals surface area contributed by atoms with Crippen LogP contribution < -0.4 is 0 Å². The number of nitrogens with zero attached hydrogens (tertiary/aromatic N) is 2. The van der Waals surface area contributed by atoms with Crippen LogP contribution in [0.4, 0.5) is 0 Å². The summed E-state index contributed by atoms with van der Waals surface area (Å²) >= 11 is 7.18. The third kappa shape index (κ3) is 3.22. The molecule has 0 fully saturated rings. The lowest BCUT2D eigenvalue weighted by molar-refractivity contribution is -0.109. The lowest BCUT2D eigenvalue weighted by Crippen LogP contribution is -1.85. The highest BCUT2D eigenvalue weighted by atomic mass is 35.5. The number of fused-ring (bicyclic) bond motifs is 1. The predicted octanol–water partition coefficient (Wildman–Crippen LogP) is 2.91. The van der Waals surface area contributed by atoms with Gasteiger partial charge in [-0.15, -0.1) is 0 Å². The summed E-state index contributed by atoms with van der Waals surface area (Å²) in [7, 11) is 0. The quantitative estimate of drug-likeness (QED) is 0.593. The van der Waals surface area contributed by atoms with Crippen molar-refractivity contribution in [2.24, 2.45) is 0 Å². The van der Waals surface area contributed by atoms with Gasteiger partial charge in [-0.1, -0.05) is 35.2 Å². The molecule has 0 N–H and O–H groups in total. The zero-order valence-electron chi connectivity index (χ0n) is 9.61. The zero-order chi connectivity index (χ0) is 13.0. The molecule has 1 aromatic carbocycles. The molecule has 0 radical (unpaired) electrons. The van der Waals surface area contributed by atoms with Crippen molar-refractivity contribution in [2.45, 2.75) is 6.92 Å². The van der Waals surface area contributed by atoms with E-state index in [9.17, 15) is 4.79 Å². The minimum Gasteiger partial charge on any atom is -0.288 e. The van der Waals surface area contributed by atoms with Gasteiger partial charge >= 0.3 is 0 Å². The Balaban J connectivity index is 2.24. The van der Waals surface area contributed by atoms with Crippen LogP contribution in [0.3, 0.4) is 0 Å². The standard InChI is InChI=1S/C13H9ClN2OS/c1-9(17)18-6-2-3-10-4-5-12-11(7-10)13(14)16-8-15-12/h4-5,7-8H,6H2,1H3. The molecule has 1 aromatic heterocycles. The van der Waals surface area contributed by atoms with Crippen LogP contribution in [0.5, 0.6) is 0 Å². The first-order valence-electron chi connectivity index (χ1n) is 5.19. The summed E-state index contributed by atoms with van der Waals surface area (Å²) in [5.74, 6) is 6.40. The number of hydrogen-bond acceptors (Lipinski definition) is 4. The number of hydrogen-bond donors (Lipinski definition) is 0. The molecule has 90 valence electrons. The summed E-state index contributed by atoms with van der Waals surface area (Å²) in [6, 6.07) is 5.57. The fraction of sp³-hybridized carbons (Fsp3) is 0.154. The molecule has 0 aliphatic heterocycles. The lowest BCUT2D eigenvalue weighted by Gasteiger charge is -1.98. The van der Waals surface area contributed by atoms with Crippen LogP contribution in [0.1, 0.15) is 12.5 Å². The monoisotopic (exact) mass is 276 g/mol. The maximum atomic E-state index is 10.7. The van der Waals surface area contributed by atoms with E-state index in [1.54, 1.807) is 0 Å². The first kappa shape index (κ1) is 12.9. The predicted molar refractivity (Wildman–Crippen MR) is 74.6 cm³/mol. The Labute approximate surface area is 114 Å². The van der Waals surface area contributed by atoms with E-state index < -0.39 is 0 Å². The summed E-state index contributed by atoms with van der Waals surface area (Å²) in [5.41, 5.74) is 1.63. The van der Waals surface area contributed by atoms with E-state index >= 15 is 0 Å². The molecule has 2 rings (SSSR count). The highest BCUT2D eigenvalue weighted by Crippen LogP contribution is 2.19. The molecule has 0 aliphatic carbocycles. The summed E-state index contributed by atoms with van der Waals surface area (Å²) in [6.45, 7) is 1.53. The molecule has 0 unspecified atom stereocenters. The van der Waals surface area contributed by atoms with Crippen LogP contribution in [0.15, 0.2) is 24.5 Å². The van der Waals surface area contributed by atoms with E-state index in [1.807, 2.05) is 18.2 Å². The third-order valence-electron chi connectivity index (χ3n) is 2.17. The molecule has 0 atom stereocenters. The first-order chi connectivity index (χ1) is 8.66. The van der Waals surface area contributed by atoms with Crippen molar-refractivity contribution in [1.29, 1.82) is 0 Å². The van der Waals surface area contributed by atoms with Crippen LogP contribution in [0, 0.1) is 11.8 Å². The first-order valence-corrected chi connectivity index (χ1v) is 6.55. The SMILES string of the molecule is CC(=O)SCC#Cc1ccc2ncnc(Cl)c2c1. The number of halogens is 1. The molecular formula is C13H9ClN2OS. The van der Waals surface area contributed by atoms with Crippen LogP contribution in [-0.2, 0) is 4.79 Å². The van der Waals surface area contributed by atoms with Gasteiger partial charge in [0.05, 0.1) is 11.3 Å². The second-order valence-corrected chi connectivity index (χ2v) is 4.99. The minimum atomic E-state index is 0.0688. The average molecular weight is 277 g/mol. The fourth-order valence-corrected chi connectivity index (χ4v) is 1.92. The average Bonchev–Trinajstić information content (AvgIpc) is 2.35. The van der Waals surface area contributed by atoms with E-state index in [-0.39, 0.29) is 5.12 Å². The summed E-state index contributed by atoms with van der Waals surface area (Å²) in [6.07, 6.45) is 1.43. The molecular weight excluding hydrogens is 268 g/mol. The molecule has 2 aromatic rings. The molecule has 0 saturated heterocycles. The largest absolute Gasteiger partial charge is 0.288 e. The Morgan fingerprint density at radius 1 is 1.44 bits per heavy atom. The molecule has 0 amide bonds. The van der Waals surface area contributed by atoms with E-state index in [0.29, 0.717) is 10.9 Å². The van der Waals surface area contributed by atoms with Crippen molar-refractivity contribution in [3.8, 4) is 11.8 Å². The highest BCUT2D eigenvalue weighted by molar-refractivity contribution is 8.13. The van der Waals surface area contributed by atoms with Crippen molar-refractivity contribution in [3.63, 3.8) is 0 Å². The van der Waals surface area contributed by atoms with Crippen LogP contribution in [-0.4, -0.2) is 20.8 Å². The van der Waals surface area contributed by atoms with Crippen molar-refractivity contribution in [3.05, 3.63) is 35.2 Å². The van der Waals surface area contributed by atoms with Gasteiger partial charge in [0.15, 0.2) is 5.12 Å². The van der Waals surface area contributed by atoms with Gasteiger partial charge in [0.2, 0.25) is 0 Å². The van der Waals surface area contributed by atoms with Gasteiger partial charge in [0.25, 0.3) is 0 Å². The van der Waals surface area contributed by atoms with Crippen LogP contribution >= 0.6 is 23.4 Å². The zero-order valence-corrected chi connectivity index (χ0v) is 11.2. The highest BCUT2D eigenvalue weighted by Gasteiger charge is 2.01. The number of rotatable bonds is 1. The smallest absolute Gasteiger partial charge is 0.186 e. The van der Waals surface area contributed by atoms with E-state index in [0.717, 1.165) is 16.5 Å². The molecule has 5 heteroatoms. The number of aromatic nitrogens is 2. The third-order valence-corrected chi connectivity index (χ3v) is 3.16. The normalized spacial score (nSPS) is 9.89. The van der Waals surface area contributed by atoms with Gasteiger partial charge in [0.1, 0.15) is 11.5 Å². The summed E-state index contributed by atoms with van der Waals surface area (Å²) in [5, 5.41) is 1.27. The summed E-state index contributed by atoms with van der Waals surface area (Å²) < 4.78 is 0. The lowest BCUT2D eigenvalue weighted by atomic mass is 10.1. The second-order valence-electron chi connectivity index (χ2n) is 3.48. The van der Waals surface area contributed by atoms with Crippen molar-refractivity contribution in [2.75, 3.05) is 5.75 Å². The number of benzene rings is 1. The Bertz CT molecular complexity index is 661. The van der Waals surface area contributed by atoms with Crippen LogP contribution in [0.25, 0.3) is 10.9 Å². The number of thioether (sulfide) groups is 1. The fourth-order valence-electron chi connectivity index (χ4n) is 1.38. The van der Waals surface area contributed by atoms with E-state index in [1.165, 1.54) is 25.0 Å². The molecule has 0 aliphatic rings. The Hall–Kier alpha value is -1.57. The number of carbonyl (C=O) groups excluding carboxylic acids is 1. The molecule has 18 heavy (non-hydrogen) atoms. The molecule has 0 saturated carbocycles. The topological polar surface area (TPSA) is 42.9 Å². The second kappa shape index (κ2) is 5.85. The minimum absolute atomic E-state index is 0.0688. The van der Waals surface area contributed by atoms with Gasteiger partial charge in [-0.05, 0) is 18.2 Å². The Morgan fingerprint density at radius 2 is 2.28 bits per heavy atom. The molecule has 0 spiro atoms. The van der Waals surface area contributed by atoms with Crippen molar-refractivity contribution in [1.82, 2.24) is 9.97 Å². The Morgan fingerprint density at radius 3 is 3.06 bits per heavy atom. The van der Waals surface area contributed by atoms with Gasteiger partial charge in [-0.3, -0.25) is 4.79 Å². The van der Waals surface area contributed by atoms with Gasteiger partial charge in [0, 0.05) is 17.9 Å². The molecule has 3 nitrogen and oxygen atoms in total. The van der Waals surface area contributed by atoms with Crippen molar-refractivity contribution >= 4 is 39.4 Å². The van der Waals surface area contributed by atoms with Gasteiger partial charge in [-0.2, -0.15) is 0 Å².